The van der Waals surface area contributed by atoms with Crippen LogP contribution in [0.3, 0.4) is 0 Å². The number of rotatable bonds is 5. The fraction of sp³-hybridized carbons (Fsp3) is 0.154. The number of hydrogen-bond donors (Lipinski definition) is 1. The number of imide groups is 1. The maximum absolute atomic E-state index is 12.9. The van der Waals surface area contributed by atoms with E-state index in [1.807, 2.05) is 13.8 Å². The second-order valence-corrected chi connectivity index (χ2v) is 8.29. The third-order valence-corrected chi connectivity index (χ3v) is 5.56. The van der Waals surface area contributed by atoms with Crippen LogP contribution < -0.4 is 5.32 Å². The van der Waals surface area contributed by atoms with Gasteiger partial charge in [-0.1, -0.05) is 38.1 Å². The minimum absolute atomic E-state index is 0.0936. The number of aromatic nitrogens is 1. The first-order valence-electron chi connectivity index (χ1n) is 10.7. The van der Waals surface area contributed by atoms with Gasteiger partial charge in [0.25, 0.3) is 17.7 Å². The summed E-state index contributed by atoms with van der Waals surface area (Å²) >= 11 is 0. The Hall–Kier alpha value is -4.26. The highest BCUT2D eigenvalue weighted by Crippen LogP contribution is 2.26. The molecule has 0 aliphatic carbocycles. The molecule has 5 rings (SSSR count). The molecule has 4 aromatic rings. The van der Waals surface area contributed by atoms with E-state index in [9.17, 15) is 14.4 Å². The summed E-state index contributed by atoms with van der Waals surface area (Å²) in [5.41, 5.74) is 3.86. The van der Waals surface area contributed by atoms with Gasteiger partial charge in [-0.15, -0.1) is 0 Å². The molecule has 0 fully saturated rings. The van der Waals surface area contributed by atoms with Gasteiger partial charge in [0.15, 0.2) is 11.5 Å². The topological polar surface area (TPSA) is 92.5 Å². The van der Waals surface area contributed by atoms with E-state index in [0.29, 0.717) is 44.9 Å². The largest absolute Gasteiger partial charge is 0.440 e. The van der Waals surface area contributed by atoms with Crippen LogP contribution in [0.1, 0.15) is 62.3 Å². The molecule has 0 radical (unpaired) electrons. The van der Waals surface area contributed by atoms with E-state index in [0.717, 1.165) is 0 Å². The fourth-order valence-electron chi connectivity index (χ4n) is 3.85. The van der Waals surface area contributed by atoms with E-state index >= 15 is 0 Å². The van der Waals surface area contributed by atoms with Crippen molar-refractivity contribution < 1.29 is 18.8 Å². The van der Waals surface area contributed by atoms with Gasteiger partial charge in [-0.25, -0.2) is 4.98 Å². The first kappa shape index (κ1) is 20.6. The second kappa shape index (κ2) is 8.02. The van der Waals surface area contributed by atoms with Crippen LogP contribution in [-0.4, -0.2) is 27.6 Å². The molecule has 0 unspecified atom stereocenters. The van der Waals surface area contributed by atoms with Crippen molar-refractivity contribution in [3.63, 3.8) is 0 Å². The zero-order valence-corrected chi connectivity index (χ0v) is 18.2. The monoisotopic (exact) mass is 439 g/mol. The van der Waals surface area contributed by atoms with Gasteiger partial charge >= 0.3 is 0 Å². The quantitative estimate of drug-likeness (QED) is 0.442. The predicted octanol–water partition coefficient (Wildman–Crippen LogP) is 5.00. The average Bonchev–Trinajstić information content (AvgIpc) is 3.35. The van der Waals surface area contributed by atoms with Crippen LogP contribution in [0.5, 0.6) is 0 Å². The number of oxazole rings is 1. The van der Waals surface area contributed by atoms with Crippen LogP contribution in [0.25, 0.3) is 11.1 Å². The Morgan fingerprint density at radius 2 is 1.70 bits per heavy atom. The number of nitrogens with one attached hydrogen (secondary N) is 1. The van der Waals surface area contributed by atoms with Gasteiger partial charge in [-0.05, 0) is 48.0 Å². The molecule has 2 heterocycles. The van der Waals surface area contributed by atoms with Gasteiger partial charge in [-0.2, -0.15) is 0 Å². The van der Waals surface area contributed by atoms with Gasteiger partial charge < -0.3 is 9.73 Å². The van der Waals surface area contributed by atoms with Crippen LogP contribution in [-0.2, 0) is 6.54 Å². The number of carbonyl (C=O) groups is 3. The lowest BCUT2D eigenvalue weighted by Crippen LogP contribution is -2.29. The first-order chi connectivity index (χ1) is 15.9. The highest BCUT2D eigenvalue weighted by molar-refractivity contribution is 6.21. The molecule has 33 heavy (non-hydrogen) atoms. The number of anilines is 1. The van der Waals surface area contributed by atoms with Gasteiger partial charge in [0, 0.05) is 17.2 Å². The summed E-state index contributed by atoms with van der Waals surface area (Å²) in [5, 5.41) is 2.87. The predicted molar refractivity (Wildman–Crippen MR) is 123 cm³/mol. The average molecular weight is 439 g/mol. The van der Waals surface area contributed by atoms with Gasteiger partial charge in [0.2, 0.25) is 0 Å². The molecule has 3 aromatic carbocycles. The molecule has 1 aromatic heterocycles. The highest BCUT2D eigenvalue weighted by Gasteiger charge is 2.35. The van der Waals surface area contributed by atoms with Crippen molar-refractivity contribution in [3.8, 4) is 0 Å². The van der Waals surface area contributed by atoms with Crippen molar-refractivity contribution in [2.45, 2.75) is 26.3 Å². The Bertz CT molecular complexity index is 1390. The summed E-state index contributed by atoms with van der Waals surface area (Å²) in [6.07, 6.45) is 0. The molecule has 1 N–H and O–H groups in total. The van der Waals surface area contributed by atoms with Crippen molar-refractivity contribution in [1.82, 2.24) is 9.88 Å². The zero-order chi connectivity index (χ0) is 23.1. The lowest BCUT2D eigenvalue weighted by Gasteiger charge is -2.14. The van der Waals surface area contributed by atoms with E-state index in [1.54, 1.807) is 66.7 Å². The number of nitrogens with zero attached hydrogens (tertiary/aromatic N) is 2. The van der Waals surface area contributed by atoms with Crippen LogP contribution in [0.4, 0.5) is 5.69 Å². The van der Waals surface area contributed by atoms with Crippen molar-refractivity contribution in [3.05, 3.63) is 94.9 Å². The standard InChI is InChI=1S/C26H21N3O4/c1-15(2)24-28-21-13-18(10-11-22(21)33-24)27-23(30)17-7-5-6-16(12-17)14-29-25(31)19-8-3-4-9-20(19)26(29)32/h3-13,15H,14H2,1-2H3,(H,27,30). The molecule has 1 aliphatic heterocycles. The van der Waals surface area contributed by atoms with E-state index in [2.05, 4.69) is 10.3 Å². The Kier molecular flexibility index (Phi) is 5.01. The number of benzene rings is 3. The number of amides is 3. The molecular weight excluding hydrogens is 418 g/mol. The molecular formula is C26H21N3O4. The van der Waals surface area contributed by atoms with Crippen molar-refractivity contribution in [2.24, 2.45) is 0 Å². The summed E-state index contributed by atoms with van der Waals surface area (Å²) in [7, 11) is 0. The van der Waals surface area contributed by atoms with E-state index in [1.165, 1.54) is 4.90 Å². The molecule has 7 heteroatoms. The first-order valence-corrected chi connectivity index (χ1v) is 10.7. The Morgan fingerprint density at radius 3 is 2.39 bits per heavy atom. The SMILES string of the molecule is CC(C)c1nc2cc(NC(=O)c3cccc(CN4C(=O)c5ccccc5C4=O)c3)ccc2o1. The van der Waals surface area contributed by atoms with Gasteiger partial charge in [-0.3, -0.25) is 19.3 Å². The smallest absolute Gasteiger partial charge is 0.261 e. The van der Waals surface area contributed by atoms with Gasteiger partial charge in [0.1, 0.15) is 5.52 Å². The number of carbonyl (C=O) groups excluding carboxylic acids is 3. The second-order valence-electron chi connectivity index (χ2n) is 8.29. The van der Waals surface area contributed by atoms with E-state index in [-0.39, 0.29) is 30.2 Å². The molecule has 3 amide bonds. The molecule has 7 nitrogen and oxygen atoms in total. The zero-order valence-electron chi connectivity index (χ0n) is 18.2. The Morgan fingerprint density at radius 1 is 0.970 bits per heavy atom. The molecule has 0 saturated carbocycles. The Labute approximate surface area is 190 Å². The lowest BCUT2D eigenvalue weighted by atomic mass is 10.1. The Balaban J connectivity index is 1.33. The molecule has 0 saturated heterocycles. The minimum Gasteiger partial charge on any atom is -0.440 e. The summed E-state index contributed by atoms with van der Waals surface area (Å²) in [4.78, 5) is 43.8. The minimum atomic E-state index is -0.327. The normalized spacial score (nSPS) is 13.1. The fourth-order valence-corrected chi connectivity index (χ4v) is 3.85. The van der Waals surface area contributed by atoms with Crippen molar-refractivity contribution in [1.29, 1.82) is 0 Å². The van der Waals surface area contributed by atoms with E-state index < -0.39 is 0 Å². The summed E-state index contributed by atoms with van der Waals surface area (Å²) < 4.78 is 5.71. The maximum atomic E-state index is 12.9. The number of hydrogen-bond acceptors (Lipinski definition) is 5. The van der Waals surface area contributed by atoms with E-state index in [4.69, 9.17) is 4.42 Å². The lowest BCUT2D eigenvalue weighted by molar-refractivity contribution is 0.0642. The molecule has 164 valence electrons. The van der Waals surface area contributed by atoms with Crippen LogP contribution in [0.15, 0.2) is 71.1 Å². The van der Waals surface area contributed by atoms with Crippen molar-refractivity contribution >= 4 is 34.5 Å². The maximum Gasteiger partial charge on any atom is 0.261 e. The summed E-state index contributed by atoms with van der Waals surface area (Å²) in [6, 6.07) is 19.0. The third-order valence-electron chi connectivity index (χ3n) is 5.56. The van der Waals surface area contributed by atoms with Crippen LogP contribution >= 0.6 is 0 Å². The van der Waals surface area contributed by atoms with Crippen LogP contribution in [0, 0.1) is 0 Å². The highest BCUT2D eigenvalue weighted by atomic mass is 16.3. The van der Waals surface area contributed by atoms with Crippen LogP contribution in [0.2, 0.25) is 0 Å². The molecule has 0 atom stereocenters. The molecule has 1 aliphatic rings. The summed E-state index contributed by atoms with van der Waals surface area (Å²) in [5.74, 6) is -0.139. The van der Waals surface area contributed by atoms with Gasteiger partial charge in [0.05, 0.1) is 17.7 Å². The number of fused-ring (bicyclic) bond motifs is 2. The third kappa shape index (κ3) is 3.78. The van der Waals surface area contributed by atoms with Crippen molar-refractivity contribution in [2.75, 3.05) is 5.32 Å². The molecule has 0 bridgehead atoms. The summed E-state index contributed by atoms with van der Waals surface area (Å²) in [6.45, 7) is 4.10. The molecule has 0 spiro atoms.